The second-order valence-corrected chi connectivity index (χ2v) is 8.65. The number of hydrogen-bond acceptors (Lipinski definition) is 4. The molecule has 134 valence electrons. The largest absolute Gasteiger partial charge is 0.270 e. The van der Waals surface area contributed by atoms with Crippen LogP contribution in [0.15, 0.2) is 52.4 Å². The Bertz CT molecular complexity index is 827. The molecule has 1 fully saturated rings. The fourth-order valence-electron chi connectivity index (χ4n) is 3.40. The summed E-state index contributed by atoms with van der Waals surface area (Å²) in [7, 11) is -3.72. The Balaban J connectivity index is 1.72. The maximum Gasteiger partial charge on any atom is 0.270 e. The number of rotatable bonds is 4. The minimum atomic E-state index is -3.72. The molecule has 2 aliphatic rings. The van der Waals surface area contributed by atoms with E-state index in [1.54, 1.807) is 0 Å². The molecule has 0 saturated carbocycles. The minimum Gasteiger partial charge on any atom is -0.258 e. The van der Waals surface area contributed by atoms with Gasteiger partial charge in [0.15, 0.2) is 0 Å². The van der Waals surface area contributed by atoms with Gasteiger partial charge in [0.2, 0.25) is 10.0 Å². The number of sulfonamides is 1. The van der Waals surface area contributed by atoms with E-state index in [2.05, 4.69) is 12.2 Å². The van der Waals surface area contributed by atoms with Crippen molar-refractivity contribution in [3.63, 3.8) is 0 Å². The van der Waals surface area contributed by atoms with Crippen molar-refractivity contribution in [3.8, 4) is 0 Å². The first-order valence-electron chi connectivity index (χ1n) is 8.16. The van der Waals surface area contributed by atoms with Gasteiger partial charge in [-0.15, -0.1) is 0 Å². The van der Waals surface area contributed by atoms with Gasteiger partial charge >= 0.3 is 0 Å². The Hall–Kier alpha value is -1.70. The number of nitro benzene ring substituents is 1. The van der Waals surface area contributed by atoms with Gasteiger partial charge in [0.1, 0.15) is 0 Å². The average molecular weight is 383 g/mol. The summed E-state index contributed by atoms with van der Waals surface area (Å²) in [6.45, 7) is 0.786. The van der Waals surface area contributed by atoms with Gasteiger partial charge < -0.3 is 0 Å². The summed E-state index contributed by atoms with van der Waals surface area (Å²) in [6, 6.07) is 5.20. The Morgan fingerprint density at radius 2 is 1.96 bits per heavy atom. The Kier molecular flexibility index (Phi) is 5.27. The quantitative estimate of drug-likeness (QED) is 0.451. The van der Waals surface area contributed by atoms with Gasteiger partial charge in [0, 0.05) is 36.2 Å². The third-order valence-corrected chi connectivity index (χ3v) is 7.08. The molecule has 1 unspecified atom stereocenters. The standard InChI is InChI=1S/C17H19ClN2O4S/c18-17-7-2-1-6-16(17)13-8-10-19(11-9-13)25(23,24)15-5-3-4-14(12-15)20(21)22/h1,3-7,12-13,16H,2,8-11H2. The molecule has 3 rings (SSSR count). The predicted octanol–water partition coefficient (Wildman–Crippen LogP) is 3.69. The molecule has 0 amide bonds. The molecule has 0 aromatic heterocycles. The smallest absolute Gasteiger partial charge is 0.258 e. The summed E-state index contributed by atoms with van der Waals surface area (Å²) in [4.78, 5) is 10.3. The maximum absolute atomic E-state index is 12.8. The first-order valence-corrected chi connectivity index (χ1v) is 9.98. The van der Waals surface area contributed by atoms with Crippen LogP contribution in [-0.4, -0.2) is 30.7 Å². The number of nitro groups is 1. The molecule has 1 aromatic carbocycles. The molecular weight excluding hydrogens is 364 g/mol. The highest BCUT2D eigenvalue weighted by atomic mass is 35.5. The summed E-state index contributed by atoms with van der Waals surface area (Å²) in [5, 5.41) is 11.7. The fourth-order valence-corrected chi connectivity index (χ4v) is 5.25. The minimum absolute atomic E-state index is 0.0318. The number of hydrogen-bond donors (Lipinski definition) is 0. The van der Waals surface area contributed by atoms with Crippen molar-refractivity contribution < 1.29 is 13.3 Å². The molecule has 0 radical (unpaired) electrons. The van der Waals surface area contributed by atoms with Crippen molar-refractivity contribution in [2.45, 2.75) is 24.2 Å². The molecule has 1 aliphatic carbocycles. The maximum atomic E-state index is 12.8. The van der Waals surface area contributed by atoms with Crippen LogP contribution in [0.3, 0.4) is 0 Å². The topological polar surface area (TPSA) is 80.5 Å². The van der Waals surface area contributed by atoms with Crippen LogP contribution in [0.1, 0.15) is 19.3 Å². The molecule has 1 aliphatic heterocycles. The van der Waals surface area contributed by atoms with Crippen LogP contribution in [0.2, 0.25) is 0 Å². The lowest BCUT2D eigenvalue weighted by Crippen LogP contribution is -2.40. The Morgan fingerprint density at radius 3 is 2.60 bits per heavy atom. The second kappa shape index (κ2) is 7.27. The lowest BCUT2D eigenvalue weighted by Gasteiger charge is -2.35. The summed E-state index contributed by atoms with van der Waals surface area (Å²) in [5.74, 6) is 0.481. The van der Waals surface area contributed by atoms with Crippen LogP contribution in [0.5, 0.6) is 0 Å². The van der Waals surface area contributed by atoms with Gasteiger partial charge in [-0.2, -0.15) is 4.31 Å². The number of non-ortho nitro benzene ring substituents is 1. The van der Waals surface area contributed by atoms with Gasteiger partial charge in [0.05, 0.1) is 9.82 Å². The zero-order valence-corrected chi connectivity index (χ0v) is 15.1. The van der Waals surface area contributed by atoms with E-state index in [0.29, 0.717) is 31.8 Å². The second-order valence-electron chi connectivity index (χ2n) is 6.27. The van der Waals surface area contributed by atoms with Crippen molar-refractivity contribution in [2.24, 2.45) is 11.8 Å². The summed E-state index contributed by atoms with van der Waals surface area (Å²) >= 11 is 6.30. The van der Waals surface area contributed by atoms with Crippen LogP contribution in [0.25, 0.3) is 0 Å². The molecule has 1 saturated heterocycles. The van der Waals surface area contributed by atoms with E-state index in [-0.39, 0.29) is 16.5 Å². The highest BCUT2D eigenvalue weighted by Crippen LogP contribution is 2.36. The van der Waals surface area contributed by atoms with E-state index in [4.69, 9.17) is 11.6 Å². The van der Waals surface area contributed by atoms with Crippen LogP contribution in [-0.2, 0) is 10.0 Å². The highest BCUT2D eigenvalue weighted by molar-refractivity contribution is 7.89. The Morgan fingerprint density at radius 1 is 1.24 bits per heavy atom. The van der Waals surface area contributed by atoms with E-state index in [1.807, 2.05) is 6.08 Å². The number of nitrogens with zero attached hydrogens (tertiary/aromatic N) is 2. The molecule has 1 aromatic rings. The monoisotopic (exact) mass is 382 g/mol. The van der Waals surface area contributed by atoms with Gasteiger partial charge in [-0.25, -0.2) is 8.42 Å². The van der Waals surface area contributed by atoms with E-state index < -0.39 is 14.9 Å². The highest BCUT2D eigenvalue weighted by Gasteiger charge is 2.33. The molecule has 1 atom stereocenters. The van der Waals surface area contributed by atoms with Crippen LogP contribution in [0, 0.1) is 22.0 Å². The van der Waals surface area contributed by atoms with Crippen molar-refractivity contribution >= 4 is 27.3 Å². The van der Waals surface area contributed by atoms with Crippen molar-refractivity contribution in [1.82, 2.24) is 4.31 Å². The predicted molar refractivity (Wildman–Crippen MR) is 95.8 cm³/mol. The molecule has 25 heavy (non-hydrogen) atoms. The van der Waals surface area contributed by atoms with Crippen LogP contribution in [0.4, 0.5) is 5.69 Å². The third-order valence-electron chi connectivity index (χ3n) is 4.78. The van der Waals surface area contributed by atoms with Crippen LogP contribution >= 0.6 is 11.6 Å². The lowest BCUT2D eigenvalue weighted by atomic mass is 9.82. The van der Waals surface area contributed by atoms with Gasteiger partial charge in [0.25, 0.3) is 5.69 Å². The van der Waals surface area contributed by atoms with E-state index in [9.17, 15) is 18.5 Å². The van der Waals surface area contributed by atoms with Crippen molar-refractivity contribution in [3.05, 3.63) is 57.6 Å². The fraction of sp³-hybridized carbons (Fsp3) is 0.412. The summed E-state index contributed by atoms with van der Waals surface area (Å²) in [6.07, 6.45) is 8.47. The summed E-state index contributed by atoms with van der Waals surface area (Å²) < 4.78 is 26.9. The summed E-state index contributed by atoms with van der Waals surface area (Å²) in [5.41, 5.74) is -0.222. The average Bonchev–Trinajstić information content (AvgIpc) is 2.62. The number of allylic oxidation sites excluding steroid dienone is 4. The first kappa shape index (κ1) is 18.1. The SMILES string of the molecule is O=[N+]([O-])c1cccc(S(=O)(=O)N2CCC(C3C=CCC=C3Cl)CC2)c1. The van der Waals surface area contributed by atoms with E-state index in [0.717, 1.165) is 17.5 Å². The molecule has 0 bridgehead atoms. The first-order chi connectivity index (χ1) is 11.9. The van der Waals surface area contributed by atoms with Gasteiger partial charge in [-0.05, 0) is 31.2 Å². The van der Waals surface area contributed by atoms with Gasteiger partial charge in [-0.1, -0.05) is 35.9 Å². The zero-order chi connectivity index (χ0) is 18.0. The molecule has 8 heteroatoms. The number of benzene rings is 1. The Labute approximate surface area is 152 Å². The third kappa shape index (κ3) is 3.78. The molecule has 6 nitrogen and oxygen atoms in total. The number of piperidine rings is 1. The van der Waals surface area contributed by atoms with E-state index >= 15 is 0 Å². The molecule has 0 spiro atoms. The van der Waals surface area contributed by atoms with E-state index in [1.165, 1.54) is 22.5 Å². The normalized spacial score (nSPS) is 22.6. The molecular formula is C17H19ClN2O4S. The molecule has 1 heterocycles. The lowest BCUT2D eigenvalue weighted by molar-refractivity contribution is -0.385. The van der Waals surface area contributed by atoms with Gasteiger partial charge in [-0.3, -0.25) is 10.1 Å². The van der Waals surface area contributed by atoms with Crippen molar-refractivity contribution in [2.75, 3.05) is 13.1 Å². The van der Waals surface area contributed by atoms with Crippen LogP contribution < -0.4 is 0 Å². The van der Waals surface area contributed by atoms with Crippen molar-refractivity contribution in [1.29, 1.82) is 0 Å². The molecule has 0 N–H and O–H groups in total. The number of halogens is 1. The zero-order valence-electron chi connectivity index (χ0n) is 13.5.